The normalized spacial score (nSPS) is 30.5. The molecule has 1 aromatic heterocycles. The Bertz CT molecular complexity index is 1430. The van der Waals surface area contributed by atoms with Gasteiger partial charge in [0, 0.05) is 33.7 Å². The first kappa shape index (κ1) is 20.3. The van der Waals surface area contributed by atoms with Crippen LogP contribution in [0.5, 0.6) is 5.75 Å². The molecule has 4 aliphatic rings. The minimum Gasteiger partial charge on any atom is -0.483 e. The lowest BCUT2D eigenvalue weighted by Gasteiger charge is -2.64. The quantitative estimate of drug-likeness (QED) is 0.557. The highest BCUT2D eigenvalue weighted by atomic mass is 16.5. The van der Waals surface area contributed by atoms with Crippen LogP contribution in [0.25, 0.3) is 10.9 Å². The van der Waals surface area contributed by atoms with Crippen LogP contribution >= 0.6 is 0 Å². The smallest absolute Gasteiger partial charge is 0.338 e. The van der Waals surface area contributed by atoms with Gasteiger partial charge >= 0.3 is 5.97 Å². The summed E-state index contributed by atoms with van der Waals surface area (Å²) in [6, 6.07) is 10.4. The van der Waals surface area contributed by atoms with Crippen molar-refractivity contribution in [2.24, 2.45) is 5.41 Å². The molecule has 0 radical (unpaired) electrons. The zero-order valence-electron chi connectivity index (χ0n) is 20.1. The second kappa shape index (κ2) is 6.30. The number of pyridine rings is 1. The number of anilines is 1. The predicted octanol–water partition coefficient (Wildman–Crippen LogP) is 4.11. The molecule has 1 saturated heterocycles. The molecule has 174 valence electrons. The van der Waals surface area contributed by atoms with Gasteiger partial charge in [0.05, 0.1) is 29.3 Å². The van der Waals surface area contributed by atoms with Crippen molar-refractivity contribution in [2.45, 2.75) is 50.7 Å². The largest absolute Gasteiger partial charge is 0.483 e. The Hall–Kier alpha value is -3.12. The van der Waals surface area contributed by atoms with E-state index in [1.54, 1.807) is 6.07 Å². The number of hydrogen-bond donors (Lipinski definition) is 1. The van der Waals surface area contributed by atoms with Crippen LogP contribution in [0.2, 0.25) is 0 Å². The Kier molecular flexibility index (Phi) is 3.76. The summed E-state index contributed by atoms with van der Waals surface area (Å²) in [7, 11) is 3.65. The number of rotatable bonds is 1. The van der Waals surface area contributed by atoms with Crippen molar-refractivity contribution in [3.8, 4) is 5.75 Å². The fourth-order valence-electron chi connectivity index (χ4n) is 7.91. The Morgan fingerprint density at radius 3 is 2.91 bits per heavy atom. The summed E-state index contributed by atoms with van der Waals surface area (Å²) in [5.41, 5.74) is 14.5. The fraction of sp³-hybridized carbons (Fsp3) is 0.429. The van der Waals surface area contributed by atoms with Gasteiger partial charge in [-0.25, -0.2) is 9.78 Å². The first-order chi connectivity index (χ1) is 16.3. The topological polar surface area (TPSA) is 77.7 Å². The van der Waals surface area contributed by atoms with E-state index in [0.29, 0.717) is 22.7 Å². The molecular formula is C28H29N3O3. The summed E-state index contributed by atoms with van der Waals surface area (Å²) in [5.74, 6) is 0.657. The Morgan fingerprint density at radius 2 is 2.12 bits per heavy atom. The number of benzene rings is 2. The van der Waals surface area contributed by atoms with E-state index in [1.165, 1.54) is 23.8 Å². The number of nitrogen functional groups attached to an aromatic ring is 1. The zero-order chi connectivity index (χ0) is 23.6. The second-order valence-corrected chi connectivity index (χ2v) is 10.8. The van der Waals surface area contributed by atoms with E-state index >= 15 is 0 Å². The number of nitrogens with two attached hydrogens (primary N) is 1. The number of likely N-dealkylation sites (tertiary alicyclic amines) is 1. The van der Waals surface area contributed by atoms with Gasteiger partial charge in [-0.2, -0.15) is 0 Å². The molecule has 2 aliphatic heterocycles. The van der Waals surface area contributed by atoms with Crippen LogP contribution in [-0.2, 0) is 23.0 Å². The number of carbonyl (C=O) groups excluding carboxylic acids is 1. The Labute approximate surface area is 199 Å². The molecule has 3 aromatic rings. The number of hydrogen-bond acceptors (Lipinski definition) is 6. The molecule has 1 unspecified atom stereocenters. The van der Waals surface area contributed by atoms with Gasteiger partial charge in [-0.1, -0.05) is 25.1 Å². The number of likely N-dealkylation sites (N-methyl/N-ethyl adjacent to an activating group) is 1. The summed E-state index contributed by atoms with van der Waals surface area (Å²) in [6.45, 7) is 5.62. The van der Waals surface area contributed by atoms with Gasteiger partial charge in [-0.15, -0.1) is 0 Å². The number of aryl methyl sites for hydroxylation is 1. The van der Waals surface area contributed by atoms with E-state index in [2.05, 4.69) is 37.9 Å². The number of nitrogens with zero attached hydrogens (tertiary/aromatic N) is 2. The maximum absolute atomic E-state index is 12.6. The molecule has 6 nitrogen and oxygen atoms in total. The second-order valence-electron chi connectivity index (χ2n) is 10.8. The molecular weight excluding hydrogens is 426 g/mol. The van der Waals surface area contributed by atoms with Crippen molar-refractivity contribution in [2.75, 3.05) is 26.4 Å². The predicted molar refractivity (Wildman–Crippen MR) is 130 cm³/mol. The van der Waals surface area contributed by atoms with Crippen LogP contribution in [0.1, 0.15) is 57.8 Å². The maximum atomic E-state index is 12.6. The van der Waals surface area contributed by atoms with Crippen molar-refractivity contribution in [1.29, 1.82) is 0 Å². The van der Waals surface area contributed by atoms with Crippen molar-refractivity contribution < 1.29 is 14.3 Å². The number of carbonyl (C=O) groups is 1. The number of piperidine rings is 1. The molecule has 0 amide bonds. The van der Waals surface area contributed by atoms with E-state index in [4.69, 9.17) is 20.2 Å². The lowest BCUT2D eigenvalue weighted by molar-refractivity contribution is -0.0907. The molecule has 1 fully saturated rings. The van der Waals surface area contributed by atoms with Gasteiger partial charge < -0.3 is 20.1 Å². The zero-order valence-corrected chi connectivity index (χ0v) is 20.1. The van der Waals surface area contributed by atoms with E-state index in [1.807, 2.05) is 12.1 Å². The number of aromatic nitrogens is 1. The Morgan fingerprint density at radius 1 is 1.29 bits per heavy atom. The minimum absolute atomic E-state index is 0.0621. The highest BCUT2D eigenvalue weighted by Crippen LogP contribution is 2.71. The summed E-state index contributed by atoms with van der Waals surface area (Å²) >= 11 is 0. The van der Waals surface area contributed by atoms with Gasteiger partial charge in [0.1, 0.15) is 5.75 Å². The SMILES string of the molecule is COC(=O)c1cccc2nc3c(c(N)c12)C[C@@]1(C)[C@H]2Cc4ccc(C)c5c4[C@@]1(CCN2C)C3O5. The monoisotopic (exact) mass is 455 g/mol. The van der Waals surface area contributed by atoms with Crippen LogP contribution in [0, 0.1) is 12.3 Å². The average Bonchev–Trinajstić information content (AvgIpc) is 3.19. The number of ether oxygens (including phenoxy) is 2. The van der Waals surface area contributed by atoms with Gasteiger partial charge in [-0.3, -0.25) is 0 Å². The lowest BCUT2D eigenvalue weighted by atomic mass is 9.44. The summed E-state index contributed by atoms with van der Waals surface area (Å²) < 4.78 is 12.0. The molecule has 6 heteroatoms. The van der Waals surface area contributed by atoms with Gasteiger partial charge in [-0.05, 0) is 63.0 Å². The lowest BCUT2D eigenvalue weighted by Crippen LogP contribution is -2.68. The molecule has 2 aliphatic carbocycles. The average molecular weight is 456 g/mol. The van der Waals surface area contributed by atoms with Crippen LogP contribution in [0.4, 0.5) is 5.69 Å². The van der Waals surface area contributed by atoms with Crippen molar-refractivity contribution >= 4 is 22.6 Å². The van der Waals surface area contributed by atoms with Crippen LogP contribution < -0.4 is 10.5 Å². The number of methoxy groups -OCH3 is 1. The third kappa shape index (κ3) is 2.08. The molecule has 2 N–H and O–H groups in total. The summed E-state index contributed by atoms with van der Waals surface area (Å²) in [6.07, 6.45) is 2.68. The van der Waals surface area contributed by atoms with Crippen molar-refractivity contribution in [3.05, 3.63) is 63.8 Å². The van der Waals surface area contributed by atoms with E-state index < -0.39 is 5.97 Å². The summed E-state index contributed by atoms with van der Waals surface area (Å²) in [4.78, 5) is 20.3. The fourth-order valence-corrected chi connectivity index (χ4v) is 7.91. The molecule has 4 atom stereocenters. The van der Waals surface area contributed by atoms with E-state index in [0.717, 1.165) is 48.3 Å². The highest BCUT2D eigenvalue weighted by Gasteiger charge is 2.70. The third-order valence-electron chi connectivity index (χ3n) is 9.51. The number of esters is 1. The molecule has 1 spiro atoms. The summed E-state index contributed by atoms with van der Waals surface area (Å²) in [5, 5.41) is 0.689. The molecule has 34 heavy (non-hydrogen) atoms. The molecule has 2 bridgehead atoms. The van der Waals surface area contributed by atoms with E-state index in [9.17, 15) is 4.79 Å². The Balaban J connectivity index is 1.57. The molecule has 3 heterocycles. The van der Waals surface area contributed by atoms with Gasteiger partial charge in [0.2, 0.25) is 0 Å². The minimum atomic E-state index is -0.392. The third-order valence-corrected chi connectivity index (χ3v) is 9.51. The first-order valence-corrected chi connectivity index (χ1v) is 12.1. The van der Waals surface area contributed by atoms with Gasteiger partial charge in [0.25, 0.3) is 0 Å². The van der Waals surface area contributed by atoms with Crippen molar-refractivity contribution in [1.82, 2.24) is 9.88 Å². The maximum Gasteiger partial charge on any atom is 0.338 e. The number of fused-ring (bicyclic) bond motifs is 3. The van der Waals surface area contributed by atoms with Crippen molar-refractivity contribution in [3.63, 3.8) is 0 Å². The van der Waals surface area contributed by atoms with Gasteiger partial charge in [0.15, 0.2) is 6.10 Å². The van der Waals surface area contributed by atoms with Crippen LogP contribution in [0.3, 0.4) is 0 Å². The highest BCUT2D eigenvalue weighted by molar-refractivity contribution is 6.09. The molecule has 2 aromatic carbocycles. The van der Waals surface area contributed by atoms with E-state index in [-0.39, 0.29) is 16.9 Å². The van der Waals surface area contributed by atoms with Crippen LogP contribution in [0.15, 0.2) is 30.3 Å². The standard InChI is InChI=1S/C28H29N3O3/c1-14-8-9-15-12-19-27(2)13-17-22(29)20-16(26(32)33-4)6-5-7-18(20)30-23(17)25-28(27,10-11-31(19)3)21(15)24(14)34-25/h5-9,19,25H,10-13H2,1-4H3,(H2,29,30)/t19-,25?,27+,28+/m1/s1. The van der Waals surface area contributed by atoms with Crippen LogP contribution in [-0.4, -0.2) is 42.6 Å². The first-order valence-electron chi connectivity index (χ1n) is 12.1. The molecule has 7 rings (SSSR count). The molecule has 0 saturated carbocycles.